The fourth-order valence-electron chi connectivity index (χ4n) is 3.31. The van der Waals surface area contributed by atoms with Gasteiger partial charge in [0.15, 0.2) is 0 Å². The molecule has 3 heterocycles. The highest BCUT2D eigenvalue weighted by molar-refractivity contribution is 5.80. The molecule has 0 spiro atoms. The lowest BCUT2D eigenvalue weighted by Gasteiger charge is -2.18. The molecule has 28 heavy (non-hydrogen) atoms. The molecule has 0 aliphatic heterocycles. The third kappa shape index (κ3) is 2.94. The minimum absolute atomic E-state index is 0.00672. The van der Waals surface area contributed by atoms with Gasteiger partial charge in [-0.15, -0.1) is 0 Å². The van der Waals surface area contributed by atoms with Crippen LogP contribution in [0.5, 0.6) is 5.88 Å². The molecule has 140 valence electrons. The molecular formula is C20H16N4O4. The van der Waals surface area contributed by atoms with Crippen LogP contribution in [0.1, 0.15) is 23.5 Å². The fraction of sp³-hybridized carbons (Fsp3) is 0.150. The maximum absolute atomic E-state index is 13.1. The average molecular weight is 376 g/mol. The number of esters is 1. The normalized spacial score (nSPS) is 12.2. The molecule has 1 aromatic carbocycles. The van der Waals surface area contributed by atoms with E-state index in [1.165, 1.54) is 17.7 Å². The molecule has 0 bridgehead atoms. The number of hydrogen-bond donors (Lipinski definition) is 1. The Morgan fingerprint density at radius 3 is 2.82 bits per heavy atom. The molecule has 8 nitrogen and oxygen atoms in total. The van der Waals surface area contributed by atoms with Crippen molar-refractivity contribution in [1.82, 2.24) is 19.4 Å². The van der Waals surface area contributed by atoms with E-state index in [0.29, 0.717) is 22.2 Å². The van der Waals surface area contributed by atoms with Crippen LogP contribution in [-0.2, 0) is 9.53 Å². The Balaban J connectivity index is 2.01. The molecule has 0 amide bonds. The number of carbonyl (C=O) groups excluding carboxylic acids is 1. The van der Waals surface area contributed by atoms with Gasteiger partial charge in [-0.1, -0.05) is 18.2 Å². The Hall–Kier alpha value is -3.81. The second-order valence-electron chi connectivity index (χ2n) is 6.19. The number of aromatic nitrogens is 4. The molecule has 3 aromatic heterocycles. The number of para-hydroxylation sites is 1. The lowest BCUT2D eigenvalue weighted by Crippen LogP contribution is -2.24. The van der Waals surface area contributed by atoms with Crippen LogP contribution < -0.4 is 5.56 Å². The Morgan fingerprint density at radius 2 is 2.00 bits per heavy atom. The predicted octanol–water partition coefficient (Wildman–Crippen LogP) is 2.04. The third-order valence-electron chi connectivity index (χ3n) is 4.60. The summed E-state index contributed by atoms with van der Waals surface area (Å²) in [4.78, 5) is 38.0. The van der Waals surface area contributed by atoms with Crippen molar-refractivity contribution in [3.8, 4) is 5.88 Å². The molecule has 0 saturated carbocycles. The van der Waals surface area contributed by atoms with Crippen molar-refractivity contribution < 1.29 is 14.6 Å². The van der Waals surface area contributed by atoms with Crippen LogP contribution in [-0.4, -0.2) is 37.5 Å². The smallest absolute Gasteiger partial charge is 0.306 e. The van der Waals surface area contributed by atoms with Crippen molar-refractivity contribution in [2.24, 2.45) is 0 Å². The summed E-state index contributed by atoms with van der Waals surface area (Å²) in [7, 11) is 1.27. The molecule has 0 aliphatic carbocycles. The molecule has 1 atom stereocenters. The molecule has 0 aliphatic rings. The van der Waals surface area contributed by atoms with Crippen LogP contribution in [0.2, 0.25) is 0 Å². The molecule has 4 rings (SSSR count). The zero-order chi connectivity index (χ0) is 19.7. The van der Waals surface area contributed by atoms with Crippen LogP contribution in [0.15, 0.2) is 59.8 Å². The summed E-state index contributed by atoms with van der Waals surface area (Å²) in [5, 5.41) is 10.6. The van der Waals surface area contributed by atoms with Gasteiger partial charge in [-0.3, -0.25) is 24.0 Å². The van der Waals surface area contributed by atoms with Gasteiger partial charge in [-0.25, -0.2) is 0 Å². The topological polar surface area (TPSA) is 107 Å². The zero-order valence-corrected chi connectivity index (χ0v) is 14.9. The molecule has 0 fully saturated rings. The highest BCUT2D eigenvalue weighted by atomic mass is 16.5. The van der Waals surface area contributed by atoms with E-state index >= 15 is 0 Å². The summed E-state index contributed by atoms with van der Waals surface area (Å²) in [6.07, 6.45) is 4.50. The number of pyridine rings is 1. The summed E-state index contributed by atoms with van der Waals surface area (Å²) < 4.78 is 6.15. The minimum atomic E-state index is -0.801. The Kier molecular flexibility index (Phi) is 4.44. The van der Waals surface area contributed by atoms with E-state index in [1.54, 1.807) is 48.8 Å². The monoisotopic (exact) mass is 376 g/mol. The molecule has 1 unspecified atom stereocenters. The SMILES string of the molecule is COC(=O)CC(c1c(O)nc2ccccn2c1=O)c1cccc2nccnc12. The third-order valence-corrected chi connectivity index (χ3v) is 4.60. The van der Waals surface area contributed by atoms with Crippen LogP contribution in [0, 0.1) is 0 Å². The lowest BCUT2D eigenvalue weighted by atomic mass is 9.88. The number of carbonyl (C=O) groups is 1. The molecule has 4 aromatic rings. The number of nitrogens with zero attached hydrogens (tertiary/aromatic N) is 4. The Morgan fingerprint density at radius 1 is 1.18 bits per heavy atom. The van der Waals surface area contributed by atoms with Crippen molar-refractivity contribution >= 4 is 22.6 Å². The lowest BCUT2D eigenvalue weighted by molar-refractivity contribution is -0.140. The van der Waals surface area contributed by atoms with E-state index in [4.69, 9.17) is 4.74 Å². The van der Waals surface area contributed by atoms with E-state index < -0.39 is 23.3 Å². The van der Waals surface area contributed by atoms with E-state index in [9.17, 15) is 14.7 Å². The van der Waals surface area contributed by atoms with Crippen LogP contribution in [0.25, 0.3) is 16.7 Å². The number of hydrogen-bond acceptors (Lipinski definition) is 7. The van der Waals surface area contributed by atoms with Crippen molar-refractivity contribution in [3.63, 3.8) is 0 Å². The molecule has 0 radical (unpaired) electrons. The molecular weight excluding hydrogens is 360 g/mol. The Bertz CT molecular complexity index is 1250. The number of methoxy groups -OCH3 is 1. The van der Waals surface area contributed by atoms with Gasteiger partial charge < -0.3 is 9.84 Å². The summed E-state index contributed by atoms with van der Waals surface area (Å²) in [6, 6.07) is 10.3. The summed E-state index contributed by atoms with van der Waals surface area (Å²) >= 11 is 0. The summed E-state index contributed by atoms with van der Waals surface area (Å²) in [5.74, 6) is -1.75. The van der Waals surface area contributed by atoms with E-state index in [0.717, 1.165) is 0 Å². The number of aromatic hydroxyl groups is 1. The van der Waals surface area contributed by atoms with Crippen molar-refractivity contribution in [1.29, 1.82) is 0 Å². The van der Waals surface area contributed by atoms with Gasteiger partial charge in [0.25, 0.3) is 5.56 Å². The van der Waals surface area contributed by atoms with Gasteiger partial charge in [0, 0.05) is 24.5 Å². The number of benzene rings is 1. The zero-order valence-electron chi connectivity index (χ0n) is 14.9. The van der Waals surface area contributed by atoms with Gasteiger partial charge in [-0.2, -0.15) is 4.98 Å². The van der Waals surface area contributed by atoms with Crippen molar-refractivity contribution in [3.05, 3.63) is 76.5 Å². The summed E-state index contributed by atoms with van der Waals surface area (Å²) in [5.41, 5.74) is 1.59. The second-order valence-corrected chi connectivity index (χ2v) is 6.19. The van der Waals surface area contributed by atoms with Crippen molar-refractivity contribution in [2.45, 2.75) is 12.3 Å². The van der Waals surface area contributed by atoms with Crippen LogP contribution >= 0.6 is 0 Å². The number of rotatable bonds is 4. The standard InChI is InChI=1S/C20H16N4O4/c1-28-16(25)11-13(12-5-4-6-14-18(12)22-9-8-21-14)17-19(26)23-15-7-2-3-10-24(15)20(17)27/h2-10,13,26H,11H2,1H3. The largest absolute Gasteiger partial charge is 0.493 e. The Labute approximate surface area is 159 Å². The first kappa shape index (κ1) is 17.6. The number of ether oxygens (including phenoxy) is 1. The van der Waals surface area contributed by atoms with E-state index in [2.05, 4.69) is 15.0 Å². The fourth-order valence-corrected chi connectivity index (χ4v) is 3.31. The maximum Gasteiger partial charge on any atom is 0.306 e. The average Bonchev–Trinajstić information content (AvgIpc) is 2.72. The molecule has 0 saturated heterocycles. The predicted molar refractivity (Wildman–Crippen MR) is 101 cm³/mol. The quantitative estimate of drug-likeness (QED) is 0.543. The van der Waals surface area contributed by atoms with Crippen LogP contribution in [0.4, 0.5) is 0 Å². The minimum Gasteiger partial charge on any atom is -0.493 e. The first-order valence-electron chi connectivity index (χ1n) is 8.57. The first-order chi connectivity index (χ1) is 13.6. The molecule has 1 N–H and O–H groups in total. The summed E-state index contributed by atoms with van der Waals surface area (Å²) in [6.45, 7) is 0. The van der Waals surface area contributed by atoms with Crippen LogP contribution in [0.3, 0.4) is 0 Å². The first-order valence-corrected chi connectivity index (χ1v) is 8.57. The highest BCUT2D eigenvalue weighted by Gasteiger charge is 2.28. The van der Waals surface area contributed by atoms with E-state index in [1.807, 2.05) is 0 Å². The molecule has 8 heteroatoms. The maximum atomic E-state index is 13.1. The van der Waals surface area contributed by atoms with Gasteiger partial charge in [-0.05, 0) is 23.8 Å². The van der Waals surface area contributed by atoms with Gasteiger partial charge in [0.2, 0.25) is 5.88 Å². The second kappa shape index (κ2) is 7.07. The van der Waals surface area contributed by atoms with Gasteiger partial charge in [0.1, 0.15) is 5.65 Å². The van der Waals surface area contributed by atoms with E-state index in [-0.39, 0.29) is 12.0 Å². The van der Waals surface area contributed by atoms with Gasteiger partial charge >= 0.3 is 5.97 Å². The number of fused-ring (bicyclic) bond motifs is 2. The van der Waals surface area contributed by atoms with Gasteiger partial charge in [0.05, 0.1) is 30.1 Å². The van der Waals surface area contributed by atoms with Crippen molar-refractivity contribution in [2.75, 3.05) is 7.11 Å². The highest BCUT2D eigenvalue weighted by Crippen LogP contribution is 2.34.